The maximum atomic E-state index is 12.9. The van der Waals surface area contributed by atoms with E-state index in [1.54, 1.807) is 23.5 Å². The van der Waals surface area contributed by atoms with E-state index in [0.717, 1.165) is 22.0 Å². The van der Waals surface area contributed by atoms with Crippen LogP contribution in [0.15, 0.2) is 35.5 Å². The second-order valence-corrected chi connectivity index (χ2v) is 6.96. The van der Waals surface area contributed by atoms with Crippen LogP contribution in [0.1, 0.15) is 22.4 Å². The summed E-state index contributed by atoms with van der Waals surface area (Å²) in [6.45, 7) is 6.31. The molecule has 27 heavy (non-hydrogen) atoms. The first-order chi connectivity index (χ1) is 12.6. The number of hydrogen-bond acceptors (Lipinski definition) is 4. The average Bonchev–Trinajstić information content (AvgIpc) is 3.04. The molecule has 0 atom stereocenters. The summed E-state index contributed by atoms with van der Waals surface area (Å²) in [7, 11) is 0. The third-order valence-corrected chi connectivity index (χ3v) is 4.30. The molecule has 9 heteroatoms. The van der Waals surface area contributed by atoms with E-state index in [1.807, 2.05) is 20.0 Å². The van der Waals surface area contributed by atoms with Crippen molar-refractivity contribution in [2.75, 3.05) is 19.6 Å². The number of rotatable bonds is 8. The maximum Gasteiger partial charge on any atom is 0.224 e. The quantitative estimate of drug-likeness (QED) is 0.223. The van der Waals surface area contributed by atoms with E-state index < -0.39 is 0 Å². The van der Waals surface area contributed by atoms with Gasteiger partial charge in [-0.1, -0.05) is 12.1 Å². The van der Waals surface area contributed by atoms with Gasteiger partial charge in [0.15, 0.2) is 5.96 Å². The van der Waals surface area contributed by atoms with E-state index in [4.69, 9.17) is 0 Å². The van der Waals surface area contributed by atoms with Crippen molar-refractivity contribution in [1.29, 1.82) is 0 Å². The first-order valence-corrected chi connectivity index (χ1v) is 9.33. The van der Waals surface area contributed by atoms with E-state index >= 15 is 0 Å². The lowest BCUT2D eigenvalue weighted by atomic mass is 10.1. The molecule has 2 rings (SSSR count). The monoisotopic (exact) mass is 505 g/mol. The summed E-state index contributed by atoms with van der Waals surface area (Å²) in [6.07, 6.45) is 2.07. The minimum atomic E-state index is -0.304. The highest BCUT2D eigenvalue weighted by atomic mass is 127. The number of aryl methyl sites for hydroxylation is 1. The van der Waals surface area contributed by atoms with Crippen molar-refractivity contribution in [3.05, 3.63) is 51.7 Å². The number of hydrogen-bond donors (Lipinski definition) is 3. The minimum Gasteiger partial charge on any atom is -0.357 e. The van der Waals surface area contributed by atoms with Gasteiger partial charge < -0.3 is 16.0 Å². The van der Waals surface area contributed by atoms with Gasteiger partial charge in [-0.3, -0.25) is 4.79 Å². The van der Waals surface area contributed by atoms with Crippen LogP contribution in [0.3, 0.4) is 0 Å². The summed E-state index contributed by atoms with van der Waals surface area (Å²) in [4.78, 5) is 21.8. The fourth-order valence-electron chi connectivity index (χ4n) is 2.20. The molecule has 0 bridgehead atoms. The molecule has 0 saturated carbocycles. The number of aromatic nitrogens is 1. The van der Waals surface area contributed by atoms with Gasteiger partial charge in [0, 0.05) is 30.7 Å². The van der Waals surface area contributed by atoms with Crippen LogP contribution in [0.2, 0.25) is 0 Å². The van der Waals surface area contributed by atoms with Crippen molar-refractivity contribution in [2.24, 2.45) is 4.99 Å². The molecule has 1 amide bonds. The van der Waals surface area contributed by atoms with Crippen LogP contribution < -0.4 is 16.0 Å². The zero-order valence-electron chi connectivity index (χ0n) is 15.4. The molecule has 0 aliphatic rings. The first kappa shape index (κ1) is 23.3. The zero-order valence-corrected chi connectivity index (χ0v) is 18.6. The molecule has 0 spiro atoms. The molecular weight excluding hydrogens is 480 g/mol. The molecule has 0 radical (unpaired) electrons. The van der Waals surface area contributed by atoms with E-state index in [0.29, 0.717) is 25.6 Å². The number of amides is 1. The van der Waals surface area contributed by atoms with Gasteiger partial charge in [0.25, 0.3) is 0 Å². The minimum absolute atomic E-state index is 0. The number of carbonyl (C=O) groups is 1. The summed E-state index contributed by atoms with van der Waals surface area (Å²) in [6, 6.07) is 5.94. The Morgan fingerprint density at radius 3 is 2.52 bits per heavy atom. The third-order valence-electron chi connectivity index (χ3n) is 3.40. The molecule has 1 heterocycles. The highest BCUT2D eigenvalue weighted by molar-refractivity contribution is 14.0. The van der Waals surface area contributed by atoms with Crippen LogP contribution in [0.4, 0.5) is 4.39 Å². The van der Waals surface area contributed by atoms with Gasteiger partial charge in [0.1, 0.15) is 10.8 Å². The van der Waals surface area contributed by atoms with Crippen LogP contribution in [-0.2, 0) is 17.8 Å². The van der Waals surface area contributed by atoms with Crippen LogP contribution in [-0.4, -0.2) is 36.5 Å². The summed E-state index contributed by atoms with van der Waals surface area (Å²) >= 11 is 1.63. The summed E-state index contributed by atoms with van der Waals surface area (Å²) in [5.41, 5.74) is 0.783. The summed E-state index contributed by atoms with van der Waals surface area (Å²) in [5.74, 6) is 0.285. The fourth-order valence-corrected chi connectivity index (χ4v) is 2.91. The Balaban J connectivity index is 0.00000364. The molecule has 1 aromatic carbocycles. The van der Waals surface area contributed by atoms with Gasteiger partial charge in [-0.05, 0) is 31.5 Å². The van der Waals surface area contributed by atoms with E-state index in [1.165, 1.54) is 12.1 Å². The molecule has 0 aliphatic carbocycles. The van der Waals surface area contributed by atoms with Gasteiger partial charge in [0.2, 0.25) is 5.91 Å². The molecule has 6 nitrogen and oxygen atoms in total. The van der Waals surface area contributed by atoms with Crippen molar-refractivity contribution in [1.82, 2.24) is 20.9 Å². The lowest BCUT2D eigenvalue weighted by molar-refractivity contribution is -0.120. The topological polar surface area (TPSA) is 78.4 Å². The molecule has 0 saturated heterocycles. The zero-order chi connectivity index (χ0) is 18.8. The van der Waals surface area contributed by atoms with E-state index in [9.17, 15) is 9.18 Å². The van der Waals surface area contributed by atoms with Crippen LogP contribution in [0, 0.1) is 12.7 Å². The SMILES string of the molecule is CCNC(=NCc1ncc(C)s1)NCCNC(=O)Cc1ccc(F)cc1.I. The number of guanidine groups is 1. The van der Waals surface area contributed by atoms with Crippen molar-refractivity contribution in [2.45, 2.75) is 26.8 Å². The van der Waals surface area contributed by atoms with Crippen molar-refractivity contribution in [3.8, 4) is 0 Å². The Kier molecular flexibility index (Phi) is 10.9. The predicted molar refractivity (Wildman–Crippen MR) is 118 cm³/mol. The largest absolute Gasteiger partial charge is 0.357 e. The smallest absolute Gasteiger partial charge is 0.224 e. The van der Waals surface area contributed by atoms with E-state index in [-0.39, 0.29) is 42.1 Å². The number of thiazole rings is 1. The van der Waals surface area contributed by atoms with Gasteiger partial charge >= 0.3 is 0 Å². The Morgan fingerprint density at radius 2 is 1.89 bits per heavy atom. The number of aliphatic imine (C=N–C) groups is 1. The van der Waals surface area contributed by atoms with Crippen LogP contribution in [0.25, 0.3) is 0 Å². The van der Waals surface area contributed by atoms with Crippen molar-refractivity contribution >= 4 is 47.2 Å². The molecule has 0 unspecified atom stereocenters. The van der Waals surface area contributed by atoms with E-state index in [2.05, 4.69) is 25.9 Å². The van der Waals surface area contributed by atoms with Crippen LogP contribution in [0.5, 0.6) is 0 Å². The van der Waals surface area contributed by atoms with Gasteiger partial charge in [0.05, 0.1) is 13.0 Å². The highest BCUT2D eigenvalue weighted by Gasteiger charge is 2.04. The summed E-state index contributed by atoms with van der Waals surface area (Å²) in [5, 5.41) is 10.1. The van der Waals surface area contributed by atoms with Crippen molar-refractivity contribution in [3.63, 3.8) is 0 Å². The van der Waals surface area contributed by atoms with Gasteiger partial charge in [-0.15, -0.1) is 35.3 Å². The standard InChI is InChI=1S/C18H24FN5OS.HI/c1-3-20-18(24-12-17-23-11-13(2)26-17)22-9-8-21-16(25)10-14-4-6-15(19)7-5-14;/h4-7,11H,3,8-10,12H2,1-2H3,(H,21,25)(H2,20,22,24);1H. The second-order valence-electron chi connectivity index (χ2n) is 5.64. The Labute approximate surface area is 180 Å². The lowest BCUT2D eigenvalue weighted by Gasteiger charge is -2.11. The molecule has 148 valence electrons. The number of carbonyl (C=O) groups excluding carboxylic acids is 1. The molecule has 1 aromatic heterocycles. The highest BCUT2D eigenvalue weighted by Crippen LogP contribution is 2.11. The predicted octanol–water partition coefficient (Wildman–Crippen LogP) is 2.62. The summed E-state index contributed by atoms with van der Waals surface area (Å²) < 4.78 is 12.9. The van der Waals surface area contributed by atoms with Gasteiger partial charge in [-0.25, -0.2) is 14.4 Å². The maximum absolute atomic E-state index is 12.9. The number of halogens is 2. The molecule has 0 fully saturated rings. The third kappa shape index (κ3) is 9.14. The Morgan fingerprint density at radius 1 is 1.19 bits per heavy atom. The number of nitrogens with zero attached hydrogens (tertiary/aromatic N) is 2. The molecule has 2 aromatic rings. The molecular formula is C18H25FIN5OS. The first-order valence-electron chi connectivity index (χ1n) is 8.51. The number of benzene rings is 1. The van der Waals surface area contributed by atoms with Crippen molar-refractivity contribution < 1.29 is 9.18 Å². The normalized spacial score (nSPS) is 10.9. The van der Waals surface area contributed by atoms with Crippen LogP contribution >= 0.6 is 35.3 Å². The Bertz CT molecular complexity index is 736. The fraction of sp³-hybridized carbons (Fsp3) is 0.389. The average molecular weight is 505 g/mol. The Hall–Kier alpha value is -1.75. The van der Waals surface area contributed by atoms with Gasteiger partial charge in [-0.2, -0.15) is 0 Å². The second kappa shape index (κ2) is 12.6. The number of nitrogens with one attached hydrogen (secondary N) is 3. The molecule has 3 N–H and O–H groups in total. The molecule has 0 aliphatic heterocycles. The lowest BCUT2D eigenvalue weighted by Crippen LogP contribution is -2.41.